The number of hydrogen-bond donors (Lipinski definition) is 2. The number of benzene rings is 2. The van der Waals surface area contributed by atoms with Gasteiger partial charge in [-0.3, -0.25) is 0 Å². The number of hydrogen-bond acceptors (Lipinski definition) is 8. The number of H-pyrrole nitrogens is 2. The number of aromatic amines is 2. The molecule has 1 radical (unpaired) electrons. The maximum absolute atomic E-state index is 10.5. The summed E-state index contributed by atoms with van der Waals surface area (Å²) in [7, 11) is 0. The smallest absolute Gasteiger partial charge is 0.430 e. The fourth-order valence-electron chi connectivity index (χ4n) is 4.08. The first kappa shape index (κ1) is 32.6. The third kappa shape index (κ3) is 7.27. The molecular formula is C28H14CuF6N6O4-2. The molecule has 45 heavy (non-hydrogen) atoms. The van der Waals surface area contributed by atoms with Gasteiger partial charge in [-0.05, 0) is 48.5 Å². The zero-order valence-electron chi connectivity index (χ0n) is 21.9. The molecule has 0 aliphatic rings. The van der Waals surface area contributed by atoms with Gasteiger partial charge in [0.2, 0.25) is 0 Å². The Hall–Kier alpha value is -5.28. The summed E-state index contributed by atoms with van der Waals surface area (Å²) in [6.45, 7) is 0. The summed E-state index contributed by atoms with van der Waals surface area (Å²) in [6.07, 6.45) is -10.4. The molecule has 5 heterocycles. The summed E-state index contributed by atoms with van der Waals surface area (Å²) in [5.74, 6) is -6.01. The van der Waals surface area contributed by atoms with Gasteiger partial charge in [0.15, 0.2) is 0 Å². The van der Waals surface area contributed by atoms with E-state index in [4.69, 9.17) is 39.7 Å². The number of aromatic nitrogens is 6. The molecule has 0 atom stereocenters. The second kappa shape index (κ2) is 12.4. The number of rotatable bonds is 0. The molecule has 0 saturated heterocycles. The molecule has 0 unspecified atom stereocenters. The number of nitrogens with zero attached hydrogens (tertiary/aromatic N) is 4. The summed E-state index contributed by atoms with van der Waals surface area (Å²) in [6, 6.07) is 24.4. The normalized spacial score (nSPS) is 11.5. The quantitative estimate of drug-likeness (QED) is 0.138. The van der Waals surface area contributed by atoms with E-state index in [-0.39, 0.29) is 17.1 Å². The van der Waals surface area contributed by atoms with E-state index in [2.05, 4.69) is 58.5 Å². The number of carbonyl (C=O) groups is 2. The number of carbonyl (C=O) groups excluding carboxylic acids is 2. The van der Waals surface area contributed by atoms with Crippen molar-refractivity contribution in [1.29, 1.82) is 0 Å². The topological polar surface area (TPSA) is 163 Å². The van der Waals surface area contributed by atoms with Gasteiger partial charge >= 0.3 is 12.4 Å². The molecule has 2 aromatic carbocycles. The summed E-state index contributed by atoms with van der Waals surface area (Å²) in [5.41, 5.74) is 6.32. The minimum Gasteiger partial charge on any atom is -0.542 e. The molecule has 7 rings (SSSR count). The average molecular weight is 676 g/mol. The van der Waals surface area contributed by atoms with Gasteiger partial charge in [-0.15, -0.1) is 0 Å². The van der Waals surface area contributed by atoms with E-state index < -0.39 is 24.3 Å². The van der Waals surface area contributed by atoms with Gasteiger partial charge in [0.1, 0.15) is 34.5 Å². The Balaban J connectivity index is 0.000000261. The number of nitrogens with one attached hydrogen (secondary N) is 2. The van der Waals surface area contributed by atoms with E-state index >= 15 is 0 Å². The van der Waals surface area contributed by atoms with Crippen LogP contribution >= 0.6 is 0 Å². The molecule has 235 valence electrons. The third-order valence-electron chi connectivity index (χ3n) is 6.01. The zero-order valence-corrected chi connectivity index (χ0v) is 22.9. The van der Waals surface area contributed by atoms with Crippen LogP contribution in [0.3, 0.4) is 0 Å². The average Bonchev–Trinajstić information content (AvgIpc) is 2.96. The molecule has 0 saturated carbocycles. The molecule has 17 heteroatoms. The first-order chi connectivity index (χ1) is 20.7. The number of halogens is 6. The Labute approximate surface area is 256 Å². The number of pyridine rings is 4. The molecule has 8 bridgehead atoms. The fourth-order valence-corrected chi connectivity index (χ4v) is 4.08. The molecule has 0 spiro atoms. The Morgan fingerprint density at radius 3 is 0.822 bits per heavy atom. The zero-order chi connectivity index (χ0) is 31.8. The predicted molar refractivity (Wildman–Crippen MR) is 142 cm³/mol. The van der Waals surface area contributed by atoms with Crippen molar-refractivity contribution < 1.29 is 63.2 Å². The van der Waals surface area contributed by atoms with Crippen LogP contribution in [0.2, 0.25) is 0 Å². The Bertz CT molecular complexity index is 1960. The molecule has 0 amide bonds. The van der Waals surface area contributed by atoms with E-state index in [0.29, 0.717) is 0 Å². The van der Waals surface area contributed by atoms with Crippen LogP contribution in [-0.4, -0.2) is 54.2 Å². The molecular weight excluding hydrogens is 662 g/mol. The molecule has 10 nitrogen and oxygen atoms in total. The van der Waals surface area contributed by atoms with Crippen LogP contribution in [0.15, 0.2) is 72.8 Å². The van der Waals surface area contributed by atoms with Crippen molar-refractivity contribution in [3.05, 3.63) is 72.8 Å². The SMILES string of the molecule is O=C([O-])C(F)(F)F.O=C([O-])C(F)(F)F.[Cu].c1cc2ccc3ccc4nc3c2nc1[nH]c1ccc2ccc3ccc(nc3c2n1)[nH]4. The van der Waals surface area contributed by atoms with Crippen LogP contribution in [0.1, 0.15) is 0 Å². The number of aliphatic carboxylic acids is 2. The molecule has 0 aliphatic heterocycles. The van der Waals surface area contributed by atoms with Gasteiger partial charge in [0.25, 0.3) is 0 Å². The van der Waals surface area contributed by atoms with Crippen molar-refractivity contribution in [1.82, 2.24) is 29.9 Å². The first-order valence-electron chi connectivity index (χ1n) is 12.2. The van der Waals surface area contributed by atoms with E-state index in [0.717, 1.165) is 66.2 Å². The maximum Gasteiger partial charge on any atom is 0.430 e. The van der Waals surface area contributed by atoms with Gasteiger partial charge in [0.05, 0.1) is 22.1 Å². The van der Waals surface area contributed by atoms with Crippen molar-refractivity contribution in [3.63, 3.8) is 0 Å². The maximum atomic E-state index is 10.5. The summed E-state index contributed by atoms with van der Waals surface area (Å²) in [5, 5.41) is 21.7. The van der Waals surface area contributed by atoms with E-state index in [1.807, 2.05) is 24.3 Å². The van der Waals surface area contributed by atoms with Crippen LogP contribution in [0.4, 0.5) is 26.3 Å². The van der Waals surface area contributed by atoms with Crippen LogP contribution < -0.4 is 10.2 Å². The summed E-state index contributed by atoms with van der Waals surface area (Å²) < 4.78 is 63.1. The van der Waals surface area contributed by atoms with Gasteiger partial charge in [0, 0.05) is 38.6 Å². The van der Waals surface area contributed by atoms with Crippen LogP contribution in [0, 0.1) is 0 Å². The van der Waals surface area contributed by atoms with Crippen molar-refractivity contribution in [2.45, 2.75) is 12.4 Å². The molecule has 2 N–H and O–H groups in total. The number of fused-ring (bicyclic) bond motifs is 4. The molecule has 5 aromatic heterocycles. The predicted octanol–water partition coefficient (Wildman–Crippen LogP) is 4.00. The van der Waals surface area contributed by atoms with E-state index in [9.17, 15) is 26.3 Å². The molecule has 0 fully saturated rings. The largest absolute Gasteiger partial charge is 0.542 e. The Morgan fingerprint density at radius 1 is 0.467 bits per heavy atom. The minimum atomic E-state index is -5.19. The van der Waals surface area contributed by atoms with Crippen LogP contribution in [-0.2, 0) is 26.7 Å². The second-order valence-electron chi connectivity index (χ2n) is 9.02. The summed E-state index contributed by atoms with van der Waals surface area (Å²) >= 11 is 0. The van der Waals surface area contributed by atoms with Crippen LogP contribution in [0.5, 0.6) is 0 Å². The number of carboxylic acids is 2. The van der Waals surface area contributed by atoms with Crippen molar-refractivity contribution >= 4 is 78.1 Å². The molecule has 7 aromatic rings. The summed E-state index contributed by atoms with van der Waals surface area (Å²) in [4.78, 5) is 43.7. The third-order valence-corrected chi connectivity index (χ3v) is 6.01. The second-order valence-corrected chi connectivity index (χ2v) is 9.02. The monoisotopic (exact) mass is 675 g/mol. The standard InChI is InChI=1S/C24H14N6.2C2HF3O2.Cu/c1-2-14-6-10-18-26-20-12-8-16-4-3-15-7-11-19(29-23(15)24(16)30-20)25-17-9-5-13(1)21(27-17)22(14)28-18;2*3-2(4,5)1(6)7;/h1-12H,(H,25,27,29)(H,26,28,30);2*(H,6,7);/p-2. The van der Waals surface area contributed by atoms with Crippen molar-refractivity contribution in [3.8, 4) is 0 Å². The van der Waals surface area contributed by atoms with Crippen molar-refractivity contribution in [2.75, 3.05) is 0 Å². The van der Waals surface area contributed by atoms with Gasteiger partial charge in [-0.25, -0.2) is 19.9 Å². The number of alkyl halides is 6. The van der Waals surface area contributed by atoms with Crippen molar-refractivity contribution in [2.24, 2.45) is 0 Å². The molecule has 0 aliphatic carbocycles. The van der Waals surface area contributed by atoms with E-state index in [1.54, 1.807) is 0 Å². The number of carboxylic acid groups (broad SMARTS) is 2. The Morgan fingerprint density at radius 2 is 0.644 bits per heavy atom. The van der Waals surface area contributed by atoms with Crippen LogP contribution in [0.25, 0.3) is 66.2 Å². The van der Waals surface area contributed by atoms with Gasteiger partial charge in [-0.2, -0.15) is 26.3 Å². The fraction of sp³-hybridized carbons (Fsp3) is 0.0714. The Kier molecular flexibility index (Phi) is 8.97. The van der Waals surface area contributed by atoms with Gasteiger partial charge < -0.3 is 29.8 Å². The van der Waals surface area contributed by atoms with E-state index in [1.165, 1.54) is 0 Å². The van der Waals surface area contributed by atoms with Gasteiger partial charge in [-0.1, -0.05) is 24.3 Å². The first-order valence-corrected chi connectivity index (χ1v) is 12.2. The minimum absolute atomic E-state index is 0.